The van der Waals surface area contributed by atoms with Crippen molar-refractivity contribution in [2.45, 2.75) is 19.9 Å². The monoisotopic (exact) mass is 269 g/mol. The minimum atomic E-state index is -0.114. The fourth-order valence-corrected chi connectivity index (χ4v) is 2.94. The number of hydrogen-bond acceptors (Lipinski definition) is 4. The molecular weight excluding hydrogens is 254 g/mol. The Bertz CT molecular complexity index is 733. The van der Waals surface area contributed by atoms with Gasteiger partial charge in [0.15, 0.2) is 0 Å². The summed E-state index contributed by atoms with van der Waals surface area (Å²) in [5.74, 6) is 0. The van der Waals surface area contributed by atoms with Gasteiger partial charge >= 0.3 is 0 Å². The molecule has 0 bridgehead atoms. The lowest BCUT2D eigenvalue weighted by Crippen LogP contribution is -2.10. The van der Waals surface area contributed by atoms with E-state index in [9.17, 15) is 0 Å². The summed E-state index contributed by atoms with van der Waals surface area (Å²) in [4.78, 5) is 9.86. The first-order chi connectivity index (χ1) is 9.13. The minimum absolute atomic E-state index is 0.114. The van der Waals surface area contributed by atoms with Gasteiger partial charge in [0.25, 0.3) is 0 Å². The lowest BCUT2D eigenvalue weighted by atomic mass is 10.0. The molecule has 1 atom stereocenters. The zero-order chi connectivity index (χ0) is 13.4. The van der Waals surface area contributed by atoms with Gasteiger partial charge in [0.05, 0.1) is 16.6 Å². The highest BCUT2D eigenvalue weighted by molar-refractivity contribution is 7.11. The van der Waals surface area contributed by atoms with Gasteiger partial charge < -0.3 is 5.73 Å². The summed E-state index contributed by atoms with van der Waals surface area (Å²) in [5.41, 5.74) is 9.44. The zero-order valence-electron chi connectivity index (χ0n) is 10.9. The number of thiazole rings is 1. The van der Waals surface area contributed by atoms with Gasteiger partial charge in [-0.05, 0) is 37.6 Å². The molecule has 3 nitrogen and oxygen atoms in total. The van der Waals surface area contributed by atoms with Crippen LogP contribution in [0.5, 0.6) is 0 Å². The van der Waals surface area contributed by atoms with Crippen LogP contribution in [-0.4, -0.2) is 9.97 Å². The quantitative estimate of drug-likeness (QED) is 0.776. The fourth-order valence-electron chi connectivity index (χ4n) is 2.13. The number of aromatic nitrogens is 2. The second kappa shape index (κ2) is 4.72. The van der Waals surface area contributed by atoms with Crippen molar-refractivity contribution in [3.63, 3.8) is 0 Å². The molecule has 0 amide bonds. The third-order valence-electron chi connectivity index (χ3n) is 3.16. The number of nitrogens with two attached hydrogens (primary N) is 1. The first-order valence-corrected chi connectivity index (χ1v) is 7.00. The Kier molecular flexibility index (Phi) is 3.05. The van der Waals surface area contributed by atoms with Crippen LogP contribution >= 0.6 is 11.3 Å². The SMILES string of the molecule is Cc1ccc2cc(C(N)c3cnc(C)s3)ccc2n1. The third kappa shape index (κ3) is 2.37. The van der Waals surface area contributed by atoms with Crippen molar-refractivity contribution in [1.29, 1.82) is 0 Å². The summed E-state index contributed by atoms with van der Waals surface area (Å²) in [6.45, 7) is 3.99. The van der Waals surface area contributed by atoms with Gasteiger partial charge in [-0.15, -0.1) is 11.3 Å². The maximum absolute atomic E-state index is 6.30. The molecule has 0 saturated carbocycles. The van der Waals surface area contributed by atoms with E-state index in [2.05, 4.69) is 28.2 Å². The van der Waals surface area contributed by atoms with E-state index in [1.807, 2.05) is 32.2 Å². The number of rotatable bonds is 2. The Balaban J connectivity index is 2.03. The van der Waals surface area contributed by atoms with E-state index >= 15 is 0 Å². The molecule has 0 saturated heterocycles. The number of nitrogens with zero attached hydrogens (tertiary/aromatic N) is 2. The predicted molar refractivity (Wildman–Crippen MR) is 79.4 cm³/mol. The average Bonchev–Trinajstić information content (AvgIpc) is 2.84. The molecule has 96 valence electrons. The van der Waals surface area contributed by atoms with E-state index in [0.717, 1.165) is 32.0 Å². The van der Waals surface area contributed by atoms with Gasteiger partial charge in [0, 0.05) is 22.2 Å². The van der Waals surface area contributed by atoms with Crippen molar-refractivity contribution in [2.24, 2.45) is 5.73 Å². The van der Waals surface area contributed by atoms with Crippen LogP contribution < -0.4 is 5.73 Å². The Morgan fingerprint density at radius 2 is 2.00 bits per heavy atom. The summed E-state index contributed by atoms with van der Waals surface area (Å²) in [5, 5.41) is 2.17. The van der Waals surface area contributed by atoms with E-state index in [0.29, 0.717) is 0 Å². The summed E-state index contributed by atoms with van der Waals surface area (Å²) < 4.78 is 0. The molecule has 2 aromatic heterocycles. The van der Waals surface area contributed by atoms with Crippen LogP contribution in [0.15, 0.2) is 36.5 Å². The van der Waals surface area contributed by atoms with Crippen LogP contribution in [-0.2, 0) is 0 Å². The van der Waals surface area contributed by atoms with Crippen LogP contribution in [0.25, 0.3) is 10.9 Å². The molecule has 1 aromatic carbocycles. The molecule has 3 aromatic rings. The molecular formula is C15H15N3S. The molecule has 2 heterocycles. The predicted octanol–water partition coefficient (Wildman–Crippen LogP) is 3.36. The van der Waals surface area contributed by atoms with Crippen molar-refractivity contribution in [3.05, 3.63) is 57.7 Å². The van der Waals surface area contributed by atoms with Crippen LogP contribution in [0.1, 0.15) is 27.2 Å². The maximum atomic E-state index is 6.30. The second-order valence-electron chi connectivity index (χ2n) is 4.66. The Labute approximate surface area is 116 Å². The van der Waals surface area contributed by atoms with E-state index in [1.165, 1.54) is 0 Å². The molecule has 0 aliphatic heterocycles. The van der Waals surface area contributed by atoms with Gasteiger partial charge in [-0.2, -0.15) is 0 Å². The fraction of sp³-hybridized carbons (Fsp3) is 0.200. The average molecular weight is 269 g/mol. The number of pyridine rings is 1. The summed E-state index contributed by atoms with van der Waals surface area (Å²) in [6.07, 6.45) is 1.86. The van der Waals surface area contributed by atoms with Crippen LogP contribution in [0.3, 0.4) is 0 Å². The zero-order valence-corrected chi connectivity index (χ0v) is 11.7. The van der Waals surface area contributed by atoms with Crippen LogP contribution in [0.2, 0.25) is 0 Å². The highest BCUT2D eigenvalue weighted by Gasteiger charge is 2.12. The summed E-state index contributed by atoms with van der Waals surface area (Å²) >= 11 is 1.65. The van der Waals surface area contributed by atoms with Crippen LogP contribution in [0, 0.1) is 13.8 Å². The molecule has 1 unspecified atom stereocenters. The standard InChI is InChI=1S/C15H15N3S/c1-9-3-4-11-7-12(5-6-13(11)18-9)15(16)14-8-17-10(2)19-14/h3-8,15H,16H2,1-2H3. The van der Waals surface area contributed by atoms with Gasteiger partial charge in [-0.1, -0.05) is 12.1 Å². The molecule has 0 fully saturated rings. The Morgan fingerprint density at radius 3 is 2.74 bits per heavy atom. The highest BCUT2D eigenvalue weighted by atomic mass is 32.1. The van der Waals surface area contributed by atoms with Crippen molar-refractivity contribution < 1.29 is 0 Å². The first-order valence-electron chi connectivity index (χ1n) is 6.19. The van der Waals surface area contributed by atoms with E-state index < -0.39 is 0 Å². The molecule has 19 heavy (non-hydrogen) atoms. The minimum Gasteiger partial charge on any atom is -0.320 e. The molecule has 0 aliphatic rings. The van der Waals surface area contributed by atoms with E-state index in [1.54, 1.807) is 11.3 Å². The topological polar surface area (TPSA) is 51.8 Å². The molecule has 3 rings (SSSR count). The first kappa shape index (κ1) is 12.3. The van der Waals surface area contributed by atoms with Gasteiger partial charge in [-0.3, -0.25) is 4.98 Å². The molecule has 0 spiro atoms. The largest absolute Gasteiger partial charge is 0.320 e. The summed E-state index contributed by atoms with van der Waals surface area (Å²) in [6, 6.07) is 10.2. The summed E-state index contributed by atoms with van der Waals surface area (Å²) in [7, 11) is 0. The Hall–Kier alpha value is -1.78. The second-order valence-corrected chi connectivity index (χ2v) is 5.93. The molecule has 2 N–H and O–H groups in total. The van der Waals surface area contributed by atoms with E-state index in [-0.39, 0.29) is 6.04 Å². The van der Waals surface area contributed by atoms with Gasteiger partial charge in [-0.25, -0.2) is 4.98 Å². The molecule has 0 aliphatic carbocycles. The Morgan fingerprint density at radius 1 is 1.16 bits per heavy atom. The molecule has 4 heteroatoms. The third-order valence-corrected chi connectivity index (χ3v) is 4.15. The maximum Gasteiger partial charge on any atom is 0.0897 e. The number of aryl methyl sites for hydroxylation is 2. The van der Waals surface area contributed by atoms with Crippen molar-refractivity contribution in [1.82, 2.24) is 9.97 Å². The molecule has 0 radical (unpaired) electrons. The van der Waals surface area contributed by atoms with Crippen molar-refractivity contribution >= 4 is 22.2 Å². The smallest absolute Gasteiger partial charge is 0.0897 e. The number of benzene rings is 1. The lowest BCUT2D eigenvalue weighted by Gasteiger charge is -2.10. The van der Waals surface area contributed by atoms with E-state index in [4.69, 9.17) is 5.73 Å². The van der Waals surface area contributed by atoms with Crippen LogP contribution in [0.4, 0.5) is 0 Å². The highest BCUT2D eigenvalue weighted by Crippen LogP contribution is 2.26. The lowest BCUT2D eigenvalue weighted by molar-refractivity contribution is 0.891. The number of fused-ring (bicyclic) bond motifs is 1. The number of hydrogen-bond donors (Lipinski definition) is 1. The normalized spacial score (nSPS) is 12.8. The van der Waals surface area contributed by atoms with Crippen molar-refractivity contribution in [2.75, 3.05) is 0 Å². The van der Waals surface area contributed by atoms with Gasteiger partial charge in [0.1, 0.15) is 0 Å². The van der Waals surface area contributed by atoms with Gasteiger partial charge in [0.2, 0.25) is 0 Å². The van der Waals surface area contributed by atoms with Crippen molar-refractivity contribution in [3.8, 4) is 0 Å².